The zero-order valence-corrected chi connectivity index (χ0v) is 13.3. The molecule has 1 aromatic carbocycles. The molecule has 2 unspecified atom stereocenters. The molecule has 1 aromatic rings. The first-order valence-corrected chi connectivity index (χ1v) is 7.18. The Labute approximate surface area is 131 Å². The molecule has 2 atom stereocenters. The zero-order chi connectivity index (χ0) is 16.0. The number of carbonyl (C=O) groups is 2. The van der Waals surface area contributed by atoms with Gasteiger partial charge in [-0.1, -0.05) is 36.2 Å². The molecular weight excluding hydrogens is 338 g/mol. The molecule has 6 nitrogen and oxygen atoms in total. The van der Waals surface area contributed by atoms with Crippen molar-refractivity contribution in [1.29, 1.82) is 5.26 Å². The third-order valence-corrected chi connectivity index (χ3v) is 3.61. The van der Waals surface area contributed by atoms with Gasteiger partial charge in [-0.25, -0.2) is 9.59 Å². The van der Waals surface area contributed by atoms with Gasteiger partial charge >= 0.3 is 12.0 Å². The Hall–Kier alpha value is -2.07. The van der Waals surface area contributed by atoms with Crippen LogP contribution in [0.25, 0.3) is 0 Å². The Bertz CT molecular complexity index is 583. The second-order valence-corrected chi connectivity index (χ2v) is 5.52. The largest absolute Gasteiger partial charge is 0.480 e. The Kier molecular flexibility index (Phi) is 6.18. The highest BCUT2D eigenvalue weighted by atomic mass is 79.9. The quantitative estimate of drug-likeness (QED) is 0.756. The van der Waals surface area contributed by atoms with Crippen molar-refractivity contribution in [2.24, 2.45) is 5.92 Å². The van der Waals surface area contributed by atoms with E-state index in [0.717, 1.165) is 0 Å². The highest BCUT2D eigenvalue weighted by Gasteiger charge is 2.25. The molecular formula is C14H16BrN3O3. The van der Waals surface area contributed by atoms with Gasteiger partial charge in [-0.05, 0) is 24.1 Å². The van der Waals surface area contributed by atoms with E-state index in [1.807, 2.05) is 13.0 Å². The summed E-state index contributed by atoms with van der Waals surface area (Å²) in [4.78, 5) is 23.1. The topological polar surface area (TPSA) is 102 Å². The summed E-state index contributed by atoms with van der Waals surface area (Å²) in [5, 5.41) is 23.0. The normalized spacial score (nSPS) is 12.9. The van der Waals surface area contributed by atoms with Gasteiger partial charge in [0.15, 0.2) is 0 Å². The predicted molar refractivity (Wildman–Crippen MR) is 81.9 cm³/mol. The van der Waals surface area contributed by atoms with Crippen molar-refractivity contribution in [2.75, 3.05) is 5.32 Å². The van der Waals surface area contributed by atoms with Crippen molar-refractivity contribution < 1.29 is 14.7 Å². The lowest BCUT2D eigenvalue weighted by atomic mass is 9.99. The highest BCUT2D eigenvalue weighted by molar-refractivity contribution is 9.10. The molecule has 0 aliphatic heterocycles. The number of hydrogen-bond donors (Lipinski definition) is 3. The Morgan fingerprint density at radius 3 is 2.67 bits per heavy atom. The lowest BCUT2D eigenvalue weighted by molar-refractivity contribution is -0.140. The summed E-state index contributed by atoms with van der Waals surface area (Å²) in [5.74, 6) is -1.29. The summed E-state index contributed by atoms with van der Waals surface area (Å²) in [5.41, 5.74) is 0.612. The molecule has 21 heavy (non-hydrogen) atoms. The molecule has 7 heteroatoms. The molecule has 3 N–H and O–H groups in total. The number of carboxylic acid groups (broad SMARTS) is 1. The maximum absolute atomic E-state index is 11.9. The number of hydrogen-bond acceptors (Lipinski definition) is 3. The van der Waals surface area contributed by atoms with Crippen LogP contribution in [0.2, 0.25) is 0 Å². The second kappa shape index (κ2) is 7.64. The average Bonchev–Trinajstić information content (AvgIpc) is 2.44. The second-order valence-electron chi connectivity index (χ2n) is 4.60. The van der Waals surface area contributed by atoms with Crippen LogP contribution in [-0.2, 0) is 4.79 Å². The molecule has 0 radical (unpaired) electrons. The van der Waals surface area contributed by atoms with Crippen molar-refractivity contribution in [3.63, 3.8) is 0 Å². The van der Waals surface area contributed by atoms with Crippen LogP contribution in [0.15, 0.2) is 22.7 Å². The van der Waals surface area contributed by atoms with Crippen LogP contribution in [0.1, 0.15) is 25.8 Å². The van der Waals surface area contributed by atoms with E-state index >= 15 is 0 Å². The lowest BCUT2D eigenvalue weighted by Gasteiger charge is -2.20. The molecule has 0 saturated heterocycles. The van der Waals surface area contributed by atoms with Crippen LogP contribution < -0.4 is 10.6 Å². The van der Waals surface area contributed by atoms with E-state index in [4.69, 9.17) is 10.4 Å². The van der Waals surface area contributed by atoms with Gasteiger partial charge in [0, 0.05) is 4.47 Å². The van der Waals surface area contributed by atoms with E-state index in [9.17, 15) is 9.59 Å². The summed E-state index contributed by atoms with van der Waals surface area (Å²) >= 11 is 3.25. The van der Waals surface area contributed by atoms with E-state index in [1.54, 1.807) is 25.1 Å². The van der Waals surface area contributed by atoms with Gasteiger partial charge in [0.05, 0.1) is 11.3 Å². The minimum absolute atomic E-state index is 0.203. The molecule has 0 aromatic heterocycles. The van der Waals surface area contributed by atoms with Gasteiger partial charge in [0.25, 0.3) is 0 Å². The van der Waals surface area contributed by atoms with E-state index in [2.05, 4.69) is 26.6 Å². The number of anilines is 1. The number of carbonyl (C=O) groups excluding carboxylic acids is 1. The monoisotopic (exact) mass is 353 g/mol. The highest BCUT2D eigenvalue weighted by Crippen LogP contribution is 2.20. The van der Waals surface area contributed by atoms with Crippen LogP contribution >= 0.6 is 15.9 Å². The van der Waals surface area contributed by atoms with Gasteiger partial charge in [-0.3, -0.25) is 0 Å². The summed E-state index contributed by atoms with van der Waals surface area (Å²) in [6, 6.07) is 5.14. The maximum atomic E-state index is 11.9. The van der Waals surface area contributed by atoms with Crippen molar-refractivity contribution >= 4 is 33.6 Å². The third-order valence-electron chi connectivity index (χ3n) is 3.12. The molecule has 0 spiro atoms. The van der Waals surface area contributed by atoms with E-state index in [0.29, 0.717) is 22.1 Å². The number of benzene rings is 1. The van der Waals surface area contributed by atoms with Crippen molar-refractivity contribution in [3.8, 4) is 6.07 Å². The fourth-order valence-electron chi connectivity index (χ4n) is 1.70. The zero-order valence-electron chi connectivity index (χ0n) is 11.7. The smallest absolute Gasteiger partial charge is 0.326 e. The third kappa shape index (κ3) is 4.76. The summed E-state index contributed by atoms with van der Waals surface area (Å²) in [6.45, 7) is 3.60. The number of nitriles is 1. The minimum Gasteiger partial charge on any atom is -0.480 e. The summed E-state index contributed by atoms with van der Waals surface area (Å²) in [6.07, 6.45) is 0.623. The molecule has 0 fully saturated rings. The number of halogens is 1. The molecule has 0 saturated carbocycles. The number of amides is 2. The molecule has 0 bridgehead atoms. The van der Waals surface area contributed by atoms with E-state index in [-0.39, 0.29) is 5.92 Å². The molecule has 1 rings (SSSR count). The van der Waals surface area contributed by atoms with Crippen LogP contribution in [0.3, 0.4) is 0 Å². The first-order chi connectivity index (χ1) is 9.88. The number of nitrogens with one attached hydrogen (secondary N) is 2. The van der Waals surface area contributed by atoms with Crippen LogP contribution in [0.5, 0.6) is 0 Å². The Balaban J connectivity index is 2.84. The van der Waals surface area contributed by atoms with Gasteiger partial charge in [0.2, 0.25) is 0 Å². The number of nitrogens with zero attached hydrogens (tertiary/aromatic N) is 1. The van der Waals surface area contributed by atoms with Crippen molar-refractivity contribution in [1.82, 2.24) is 5.32 Å². The average molecular weight is 354 g/mol. The lowest BCUT2D eigenvalue weighted by Crippen LogP contribution is -2.46. The van der Waals surface area contributed by atoms with Crippen LogP contribution in [0.4, 0.5) is 10.5 Å². The summed E-state index contributed by atoms with van der Waals surface area (Å²) in [7, 11) is 0. The van der Waals surface area contributed by atoms with Gasteiger partial charge in [-0.15, -0.1) is 0 Å². The Morgan fingerprint density at radius 1 is 1.48 bits per heavy atom. The number of urea groups is 1. The number of rotatable bonds is 5. The first-order valence-electron chi connectivity index (χ1n) is 6.39. The Morgan fingerprint density at radius 2 is 2.14 bits per heavy atom. The molecule has 0 aliphatic rings. The molecule has 0 heterocycles. The van der Waals surface area contributed by atoms with Gasteiger partial charge in [0.1, 0.15) is 12.1 Å². The maximum Gasteiger partial charge on any atom is 0.326 e. The SMILES string of the molecule is CCC(C)C(NC(=O)Nc1cc(Br)ccc1C#N)C(=O)O. The van der Waals surface area contributed by atoms with E-state index in [1.165, 1.54) is 0 Å². The van der Waals surface area contributed by atoms with E-state index < -0.39 is 18.0 Å². The minimum atomic E-state index is -1.09. The van der Waals surface area contributed by atoms with Gasteiger partial charge in [-0.2, -0.15) is 5.26 Å². The van der Waals surface area contributed by atoms with Crippen molar-refractivity contribution in [2.45, 2.75) is 26.3 Å². The standard InChI is InChI=1S/C14H16BrN3O3/c1-3-8(2)12(13(19)20)18-14(21)17-11-6-10(15)5-4-9(11)7-16/h4-6,8,12H,3H2,1-2H3,(H,19,20)(H2,17,18,21). The number of carboxylic acids is 1. The summed E-state index contributed by atoms with van der Waals surface area (Å²) < 4.78 is 0.702. The van der Waals surface area contributed by atoms with Crippen molar-refractivity contribution in [3.05, 3.63) is 28.2 Å². The number of aliphatic carboxylic acids is 1. The van der Waals surface area contributed by atoms with Gasteiger partial charge < -0.3 is 15.7 Å². The fraction of sp³-hybridized carbons (Fsp3) is 0.357. The predicted octanol–water partition coefficient (Wildman–Crippen LogP) is 2.94. The molecule has 2 amide bonds. The van der Waals surface area contributed by atoms with Crippen LogP contribution in [-0.4, -0.2) is 23.1 Å². The molecule has 112 valence electrons. The fourth-order valence-corrected chi connectivity index (χ4v) is 2.06. The first kappa shape index (κ1) is 17.0. The van der Waals surface area contributed by atoms with Crippen LogP contribution in [0, 0.1) is 17.2 Å². The molecule has 0 aliphatic carbocycles.